The van der Waals surface area contributed by atoms with Crippen molar-refractivity contribution in [2.75, 3.05) is 26.9 Å². The fourth-order valence-corrected chi connectivity index (χ4v) is 2.59. The molecule has 1 rings (SSSR count). The largest absolute Gasteiger partial charge is 0.491 e. The Bertz CT molecular complexity index is 943. The first-order valence-electron chi connectivity index (χ1n) is 10.2. The third-order valence-electron chi connectivity index (χ3n) is 4.57. The van der Waals surface area contributed by atoms with E-state index in [2.05, 4.69) is 10.6 Å². The number of hydrogen-bond donors (Lipinski definition) is 2. The molecule has 0 aliphatic heterocycles. The van der Waals surface area contributed by atoms with Crippen LogP contribution in [-0.2, 0) is 25.6 Å². The molecule has 0 saturated carbocycles. The molecule has 0 unspecified atom stereocenters. The number of benzene rings is 1. The predicted molar refractivity (Wildman–Crippen MR) is 121 cm³/mol. The third kappa shape index (κ3) is 9.18. The fourth-order valence-electron chi connectivity index (χ4n) is 2.39. The molecule has 188 valence electrons. The van der Waals surface area contributed by atoms with E-state index in [1.54, 1.807) is 6.08 Å². The van der Waals surface area contributed by atoms with E-state index in [1.807, 2.05) is 0 Å². The van der Waals surface area contributed by atoms with Gasteiger partial charge in [0, 0.05) is 26.3 Å². The van der Waals surface area contributed by atoms with Crippen LogP contribution in [0.4, 0.5) is 13.2 Å². The molecule has 1 aromatic carbocycles. The Morgan fingerprint density at radius 1 is 1.12 bits per heavy atom. The maximum atomic E-state index is 13.0. The number of ketones is 1. The molecule has 0 saturated heterocycles. The summed E-state index contributed by atoms with van der Waals surface area (Å²) in [4.78, 5) is 35.8. The zero-order valence-electron chi connectivity index (χ0n) is 19.3. The summed E-state index contributed by atoms with van der Waals surface area (Å²) in [6.45, 7) is 3.39. The standard InChI is InChI=1S/C23H28ClF3N2O5/c1-15(30)12-17(34-11-10-33-4)6-5-9-28-20(31)18-13-16(7-8-19(18)24)14-29-21(32)22(2,3)23(25,26)27/h5-8,12-13H,9-11,14H2,1-4H3,(H,28,31)(H,29,32)/b6-5-,17-12-. The van der Waals surface area contributed by atoms with Crippen LogP contribution in [0.1, 0.15) is 36.7 Å². The molecule has 0 aliphatic rings. The van der Waals surface area contributed by atoms with Gasteiger partial charge in [0.2, 0.25) is 5.91 Å². The van der Waals surface area contributed by atoms with Gasteiger partial charge < -0.3 is 20.1 Å². The van der Waals surface area contributed by atoms with Gasteiger partial charge in [-0.25, -0.2) is 0 Å². The number of alkyl halides is 3. The van der Waals surface area contributed by atoms with Crippen molar-refractivity contribution in [3.8, 4) is 0 Å². The summed E-state index contributed by atoms with van der Waals surface area (Å²) in [5.74, 6) is -1.63. The van der Waals surface area contributed by atoms with E-state index in [9.17, 15) is 27.6 Å². The van der Waals surface area contributed by atoms with E-state index >= 15 is 0 Å². The highest BCUT2D eigenvalue weighted by atomic mass is 35.5. The SMILES string of the molecule is COCCOC(/C=C\CNC(=O)c1cc(CNC(=O)C(C)(C)C(F)(F)F)ccc1Cl)=C\C(C)=O. The number of rotatable bonds is 12. The van der Waals surface area contributed by atoms with E-state index in [0.29, 0.717) is 17.9 Å². The van der Waals surface area contributed by atoms with Crippen LogP contribution in [0.15, 0.2) is 42.2 Å². The van der Waals surface area contributed by atoms with E-state index < -0.39 is 23.4 Å². The van der Waals surface area contributed by atoms with Gasteiger partial charge in [0.15, 0.2) is 5.78 Å². The number of amides is 2. The summed E-state index contributed by atoms with van der Waals surface area (Å²) in [5, 5.41) is 4.98. The van der Waals surface area contributed by atoms with Crippen molar-refractivity contribution in [3.63, 3.8) is 0 Å². The van der Waals surface area contributed by atoms with Crippen LogP contribution in [0.25, 0.3) is 0 Å². The number of nitrogens with one attached hydrogen (secondary N) is 2. The summed E-state index contributed by atoms with van der Waals surface area (Å²) in [5.41, 5.74) is -2.07. The second-order valence-corrected chi connectivity index (χ2v) is 8.14. The summed E-state index contributed by atoms with van der Waals surface area (Å²) < 4.78 is 49.3. The molecule has 0 atom stereocenters. The Labute approximate surface area is 201 Å². The lowest BCUT2D eigenvalue weighted by molar-refractivity contribution is -0.211. The number of hydrogen-bond acceptors (Lipinski definition) is 5. The van der Waals surface area contributed by atoms with Gasteiger partial charge >= 0.3 is 6.18 Å². The smallest absolute Gasteiger partial charge is 0.402 e. The fraction of sp³-hybridized carbons (Fsp3) is 0.435. The number of halogens is 4. The molecular weight excluding hydrogens is 477 g/mol. The van der Waals surface area contributed by atoms with Gasteiger partial charge in [-0.15, -0.1) is 0 Å². The summed E-state index contributed by atoms with van der Waals surface area (Å²) in [6.07, 6.45) is -0.323. The van der Waals surface area contributed by atoms with Crippen molar-refractivity contribution in [2.45, 2.75) is 33.5 Å². The van der Waals surface area contributed by atoms with Gasteiger partial charge in [-0.2, -0.15) is 13.2 Å². The minimum Gasteiger partial charge on any atom is -0.491 e. The molecule has 0 heterocycles. The highest BCUT2D eigenvalue weighted by Gasteiger charge is 2.52. The summed E-state index contributed by atoms with van der Waals surface area (Å²) >= 11 is 6.08. The van der Waals surface area contributed by atoms with Gasteiger partial charge in [-0.1, -0.05) is 23.7 Å². The molecule has 2 amide bonds. The number of methoxy groups -OCH3 is 1. The number of carbonyl (C=O) groups is 3. The van der Waals surface area contributed by atoms with Crippen molar-refractivity contribution >= 4 is 29.2 Å². The third-order valence-corrected chi connectivity index (χ3v) is 4.90. The van der Waals surface area contributed by atoms with Crippen LogP contribution >= 0.6 is 11.6 Å². The minimum atomic E-state index is -4.70. The first kappa shape index (κ1) is 29.2. The van der Waals surface area contributed by atoms with E-state index in [0.717, 1.165) is 13.8 Å². The Morgan fingerprint density at radius 2 is 1.79 bits per heavy atom. The molecule has 0 bridgehead atoms. The lowest BCUT2D eigenvalue weighted by atomic mass is 9.91. The number of ether oxygens (including phenoxy) is 2. The lowest BCUT2D eigenvalue weighted by Gasteiger charge is -2.26. The number of allylic oxidation sites excluding steroid dienone is 2. The monoisotopic (exact) mass is 504 g/mol. The Morgan fingerprint density at radius 3 is 2.38 bits per heavy atom. The van der Waals surface area contributed by atoms with Crippen molar-refractivity contribution in [3.05, 3.63) is 58.3 Å². The molecule has 0 aromatic heterocycles. The van der Waals surface area contributed by atoms with Crippen molar-refractivity contribution < 1.29 is 37.0 Å². The summed E-state index contributed by atoms with van der Waals surface area (Å²) in [6, 6.07) is 4.30. The average Bonchev–Trinajstić information content (AvgIpc) is 2.74. The van der Waals surface area contributed by atoms with Crippen LogP contribution in [0.3, 0.4) is 0 Å². The van der Waals surface area contributed by atoms with Crippen molar-refractivity contribution in [1.82, 2.24) is 10.6 Å². The molecule has 1 aromatic rings. The average molecular weight is 505 g/mol. The lowest BCUT2D eigenvalue weighted by Crippen LogP contribution is -2.46. The Hall–Kier alpha value is -2.85. The molecule has 0 spiro atoms. The van der Waals surface area contributed by atoms with Gasteiger partial charge in [0.05, 0.1) is 17.2 Å². The number of carbonyl (C=O) groups excluding carboxylic acids is 3. The minimum absolute atomic E-state index is 0.0821. The Kier molecular flexibility index (Phi) is 11.3. The van der Waals surface area contributed by atoms with Gasteiger partial charge in [-0.05, 0) is 44.5 Å². The van der Waals surface area contributed by atoms with Crippen LogP contribution in [-0.4, -0.2) is 50.6 Å². The molecule has 0 radical (unpaired) electrons. The maximum absolute atomic E-state index is 13.0. The first-order chi connectivity index (χ1) is 15.8. The highest BCUT2D eigenvalue weighted by molar-refractivity contribution is 6.33. The van der Waals surface area contributed by atoms with Crippen LogP contribution in [0.5, 0.6) is 0 Å². The summed E-state index contributed by atoms with van der Waals surface area (Å²) in [7, 11) is 1.51. The maximum Gasteiger partial charge on any atom is 0.402 e. The van der Waals surface area contributed by atoms with Gasteiger partial charge in [-0.3, -0.25) is 14.4 Å². The first-order valence-corrected chi connectivity index (χ1v) is 10.6. The molecule has 0 fully saturated rings. The Balaban J connectivity index is 2.77. The zero-order valence-corrected chi connectivity index (χ0v) is 20.1. The van der Waals surface area contributed by atoms with Gasteiger partial charge in [0.25, 0.3) is 5.91 Å². The van der Waals surface area contributed by atoms with Gasteiger partial charge in [0.1, 0.15) is 17.8 Å². The predicted octanol–water partition coefficient (Wildman–Crippen LogP) is 3.97. The molecule has 2 N–H and O–H groups in total. The van der Waals surface area contributed by atoms with Crippen LogP contribution in [0.2, 0.25) is 5.02 Å². The topological polar surface area (TPSA) is 93.7 Å². The molecular formula is C23H28ClF3N2O5. The highest BCUT2D eigenvalue weighted by Crippen LogP contribution is 2.37. The van der Waals surface area contributed by atoms with Crippen molar-refractivity contribution in [1.29, 1.82) is 0 Å². The normalized spacial score (nSPS) is 12.5. The van der Waals surface area contributed by atoms with E-state index in [-0.39, 0.29) is 36.1 Å². The molecule has 34 heavy (non-hydrogen) atoms. The molecule has 7 nitrogen and oxygen atoms in total. The van der Waals surface area contributed by atoms with Crippen LogP contribution < -0.4 is 10.6 Å². The van der Waals surface area contributed by atoms with E-state index in [1.165, 1.54) is 44.4 Å². The quantitative estimate of drug-likeness (QED) is 0.194. The zero-order chi connectivity index (χ0) is 25.9. The second kappa shape index (κ2) is 13.1. The molecule has 0 aliphatic carbocycles. The van der Waals surface area contributed by atoms with Crippen molar-refractivity contribution in [2.24, 2.45) is 5.41 Å². The second-order valence-electron chi connectivity index (χ2n) is 7.73. The van der Waals surface area contributed by atoms with E-state index in [4.69, 9.17) is 21.1 Å². The molecule has 11 heteroatoms. The van der Waals surface area contributed by atoms with Crippen LogP contribution in [0, 0.1) is 5.41 Å².